The van der Waals surface area contributed by atoms with Gasteiger partial charge in [0.05, 0.1) is 16.6 Å². The van der Waals surface area contributed by atoms with Crippen molar-refractivity contribution in [3.05, 3.63) is 139 Å². The van der Waals surface area contributed by atoms with Crippen molar-refractivity contribution in [3.63, 3.8) is 0 Å². The molecule has 42 heavy (non-hydrogen) atoms. The zero-order valence-electron chi connectivity index (χ0n) is 22.9. The molecular weight excluding hydrogens is 531 g/mol. The molecule has 2 heterocycles. The maximum atomic E-state index is 14.5. The molecule has 0 fully saturated rings. The molecule has 6 aromatic carbocycles. The van der Waals surface area contributed by atoms with Crippen LogP contribution in [-0.4, -0.2) is 11.1 Å². The smallest absolute Gasteiger partial charge is 0.288 e. The van der Waals surface area contributed by atoms with Crippen molar-refractivity contribution in [1.82, 2.24) is 0 Å². The van der Waals surface area contributed by atoms with E-state index in [1.807, 2.05) is 24.3 Å². The van der Waals surface area contributed by atoms with Crippen molar-refractivity contribution in [2.24, 2.45) is 5.64 Å². The van der Waals surface area contributed by atoms with Crippen LogP contribution < -0.4 is 21.9 Å². The molecular formula is C37H27BN2OS. The summed E-state index contributed by atoms with van der Waals surface area (Å²) in [6, 6.07) is 46.0. The van der Waals surface area contributed by atoms with Crippen molar-refractivity contribution < 1.29 is 4.21 Å². The minimum atomic E-state index is -1.32. The second-order valence-corrected chi connectivity index (χ2v) is 12.3. The molecule has 1 unspecified atom stereocenters. The van der Waals surface area contributed by atoms with Crippen LogP contribution in [0.25, 0.3) is 44.5 Å². The third-order valence-electron chi connectivity index (χ3n) is 8.58. The molecule has 8 rings (SSSR count). The molecule has 0 amide bonds. The third-order valence-corrected chi connectivity index (χ3v) is 9.98. The number of para-hydroxylation sites is 2. The first kappa shape index (κ1) is 25.0. The fourth-order valence-corrected chi connectivity index (χ4v) is 8.06. The zero-order chi connectivity index (χ0) is 28.2. The maximum absolute atomic E-state index is 14.5. The summed E-state index contributed by atoms with van der Waals surface area (Å²) in [6.07, 6.45) is 0. The van der Waals surface area contributed by atoms with Gasteiger partial charge in [0.1, 0.15) is 0 Å². The van der Waals surface area contributed by atoms with E-state index in [-0.39, 0.29) is 6.85 Å². The van der Waals surface area contributed by atoms with Crippen LogP contribution in [0.3, 0.4) is 0 Å². The van der Waals surface area contributed by atoms with E-state index in [0.29, 0.717) is 5.75 Å². The lowest BCUT2D eigenvalue weighted by Gasteiger charge is -2.24. The zero-order valence-corrected chi connectivity index (χ0v) is 23.7. The van der Waals surface area contributed by atoms with Gasteiger partial charge in [0.25, 0.3) is 6.85 Å². The molecule has 0 radical (unpaired) electrons. The average molecular weight is 559 g/mol. The Bertz CT molecular complexity index is 1990. The number of nitrogens with one attached hydrogen (secondary N) is 1. The summed E-state index contributed by atoms with van der Waals surface area (Å²) in [4.78, 5) is 0.826. The first-order chi connectivity index (χ1) is 20.7. The van der Waals surface area contributed by atoms with Gasteiger partial charge in [-0.15, -0.1) is 0 Å². The van der Waals surface area contributed by atoms with Crippen molar-refractivity contribution in [2.75, 3.05) is 5.32 Å². The molecule has 3 nitrogen and oxygen atoms in total. The Hall–Kier alpha value is -4.71. The number of benzene rings is 6. The van der Waals surface area contributed by atoms with E-state index in [1.54, 1.807) is 0 Å². The molecule has 6 aromatic rings. The van der Waals surface area contributed by atoms with Crippen LogP contribution in [-0.2, 0) is 16.6 Å². The number of nitrogens with two attached hydrogens (primary N) is 1. The maximum Gasteiger partial charge on any atom is 0.288 e. The Morgan fingerprint density at radius 3 is 1.67 bits per heavy atom. The highest BCUT2D eigenvalue weighted by atomic mass is 32.2. The van der Waals surface area contributed by atoms with Gasteiger partial charge >= 0.3 is 0 Å². The fourth-order valence-electron chi connectivity index (χ4n) is 6.68. The van der Waals surface area contributed by atoms with Crippen molar-refractivity contribution in [3.8, 4) is 44.5 Å². The summed E-state index contributed by atoms with van der Waals surface area (Å²) in [5, 5.41) is 3.65. The largest absolute Gasteiger partial charge is 0.362 e. The van der Waals surface area contributed by atoms with Crippen LogP contribution in [0, 0.1) is 0 Å². The number of anilines is 2. The molecule has 3 N–H and O–H groups in total. The number of fused-ring (bicyclic) bond motifs is 9. The number of hydrogen-bond donors (Lipinski definition) is 2. The first-order valence-corrected chi connectivity index (χ1v) is 15.5. The Balaban J connectivity index is 1.27. The van der Waals surface area contributed by atoms with Crippen LogP contribution in [0.2, 0.25) is 0 Å². The van der Waals surface area contributed by atoms with Crippen LogP contribution in [0.15, 0.2) is 138 Å². The Morgan fingerprint density at radius 2 is 1.00 bits per heavy atom. The van der Waals surface area contributed by atoms with Gasteiger partial charge in [-0.05, 0) is 68.1 Å². The second-order valence-electron chi connectivity index (χ2n) is 10.9. The Labute approximate surface area is 248 Å². The van der Waals surface area contributed by atoms with Crippen LogP contribution in [0.5, 0.6) is 0 Å². The molecule has 1 atom stereocenters. The highest BCUT2D eigenvalue weighted by Gasteiger charge is 2.32. The van der Waals surface area contributed by atoms with Gasteiger partial charge in [0, 0.05) is 27.4 Å². The van der Waals surface area contributed by atoms with E-state index in [4.69, 9.17) is 5.64 Å². The van der Waals surface area contributed by atoms with E-state index in [2.05, 4.69) is 115 Å². The van der Waals surface area contributed by atoms with E-state index in [9.17, 15) is 4.21 Å². The van der Waals surface area contributed by atoms with E-state index in [1.165, 1.54) is 5.56 Å². The van der Waals surface area contributed by atoms with E-state index >= 15 is 0 Å². The standard InChI is InChI=1S/C37H27BN2OS/c39-38-33-19-5-1-11-26(33)30-17-10-18-31(37(30)38)29-14-4-8-22-36(29)42(41)23-32-24-15-9-16-25(32)28-13-3-7-21-35(28)40-34-20-6-2-12-27(24)34/h1-22,40H,23,39H2. The highest BCUT2D eigenvalue weighted by molar-refractivity contribution is 7.84. The van der Waals surface area contributed by atoms with Gasteiger partial charge < -0.3 is 11.0 Å². The summed E-state index contributed by atoms with van der Waals surface area (Å²) in [6.45, 7) is -0.223. The molecule has 2 bridgehead atoms. The summed E-state index contributed by atoms with van der Waals surface area (Å²) in [5.41, 5.74) is 21.1. The molecule has 200 valence electrons. The Morgan fingerprint density at radius 1 is 0.524 bits per heavy atom. The predicted molar refractivity (Wildman–Crippen MR) is 177 cm³/mol. The number of hydrogen-bond acceptors (Lipinski definition) is 3. The quantitative estimate of drug-likeness (QED) is 0.227. The van der Waals surface area contributed by atoms with Gasteiger partial charge in [0.2, 0.25) is 0 Å². The van der Waals surface area contributed by atoms with Gasteiger partial charge in [-0.1, -0.05) is 115 Å². The third kappa shape index (κ3) is 3.89. The summed E-state index contributed by atoms with van der Waals surface area (Å²) < 4.78 is 14.5. The van der Waals surface area contributed by atoms with E-state index in [0.717, 1.165) is 71.7 Å². The predicted octanol–water partition coefficient (Wildman–Crippen LogP) is 7.10. The molecule has 2 aliphatic heterocycles. The minimum Gasteiger partial charge on any atom is -0.362 e. The molecule has 0 aromatic heterocycles. The second kappa shape index (κ2) is 9.98. The lowest BCUT2D eigenvalue weighted by Crippen LogP contribution is -2.47. The number of rotatable bonds is 4. The van der Waals surface area contributed by atoms with Crippen molar-refractivity contribution in [1.29, 1.82) is 0 Å². The van der Waals surface area contributed by atoms with Crippen LogP contribution >= 0.6 is 0 Å². The van der Waals surface area contributed by atoms with Crippen LogP contribution in [0.1, 0.15) is 5.56 Å². The summed E-state index contributed by atoms with van der Waals surface area (Å²) >= 11 is 0. The first-order valence-electron chi connectivity index (χ1n) is 14.2. The van der Waals surface area contributed by atoms with Gasteiger partial charge in [-0.3, -0.25) is 4.21 Å². The van der Waals surface area contributed by atoms with Gasteiger partial charge in [-0.25, -0.2) is 0 Å². The lowest BCUT2D eigenvalue weighted by molar-refractivity contribution is 0.683. The summed E-state index contributed by atoms with van der Waals surface area (Å²) in [5.74, 6) is 0.395. The van der Waals surface area contributed by atoms with Crippen LogP contribution in [0.4, 0.5) is 11.4 Å². The molecule has 2 aliphatic rings. The molecule has 0 saturated heterocycles. The molecule has 5 heteroatoms. The highest BCUT2D eigenvalue weighted by Crippen LogP contribution is 2.44. The minimum absolute atomic E-state index is 0.223. The SMILES string of the molecule is NB1c2ccccc2-c2cccc(-c3ccccc3S(=O)Cc3c4cccc3-c3ccccc3Nc3ccccc3-4)c21. The molecule has 0 spiro atoms. The van der Waals surface area contributed by atoms with Gasteiger partial charge in [0.15, 0.2) is 0 Å². The Kier molecular flexibility index (Phi) is 5.95. The van der Waals surface area contributed by atoms with Gasteiger partial charge in [-0.2, -0.15) is 0 Å². The molecule has 0 aliphatic carbocycles. The lowest BCUT2D eigenvalue weighted by atomic mass is 9.54. The molecule has 0 saturated carbocycles. The van der Waals surface area contributed by atoms with Crippen molar-refractivity contribution in [2.45, 2.75) is 10.6 Å². The average Bonchev–Trinajstić information content (AvgIpc) is 3.33. The summed E-state index contributed by atoms with van der Waals surface area (Å²) in [7, 11) is -1.32. The van der Waals surface area contributed by atoms with Crippen molar-refractivity contribution >= 4 is 39.9 Å². The normalized spacial score (nSPS) is 13.1. The monoisotopic (exact) mass is 558 g/mol. The topological polar surface area (TPSA) is 55.1 Å². The van der Waals surface area contributed by atoms with E-state index < -0.39 is 10.8 Å². The fraction of sp³-hybridized carbons (Fsp3) is 0.0270.